The lowest BCUT2D eigenvalue weighted by atomic mass is 10.1. The molecule has 0 spiro atoms. The minimum Gasteiger partial charge on any atom is -0.408 e. The van der Waals surface area contributed by atoms with Crippen LogP contribution in [0.2, 0.25) is 0 Å². The normalized spacial score (nSPS) is 10.7. The van der Waals surface area contributed by atoms with E-state index in [0.717, 1.165) is 0 Å². The van der Waals surface area contributed by atoms with Gasteiger partial charge in [0.15, 0.2) is 11.4 Å². The van der Waals surface area contributed by atoms with Gasteiger partial charge in [0, 0.05) is 5.56 Å². The molecule has 0 amide bonds. The van der Waals surface area contributed by atoms with E-state index >= 15 is 0 Å². The molecular formula is C10H10N2O3. The van der Waals surface area contributed by atoms with Crippen LogP contribution >= 0.6 is 0 Å². The fourth-order valence-electron chi connectivity index (χ4n) is 1.46. The predicted molar refractivity (Wildman–Crippen MR) is 55.1 cm³/mol. The van der Waals surface area contributed by atoms with Gasteiger partial charge < -0.3 is 9.73 Å². The number of hydrogen-bond donors (Lipinski definition) is 2. The molecule has 2 aromatic rings. The van der Waals surface area contributed by atoms with Crippen LogP contribution in [-0.2, 0) is 0 Å². The number of aromatic nitrogens is 1. The highest BCUT2D eigenvalue weighted by Crippen LogP contribution is 2.15. The first-order valence-corrected chi connectivity index (χ1v) is 4.52. The average molecular weight is 206 g/mol. The van der Waals surface area contributed by atoms with Crippen LogP contribution in [0.4, 0.5) is 0 Å². The van der Waals surface area contributed by atoms with E-state index in [2.05, 4.69) is 10.3 Å². The maximum Gasteiger partial charge on any atom is 0.417 e. The van der Waals surface area contributed by atoms with Gasteiger partial charge in [0.1, 0.15) is 0 Å². The standard InChI is InChI=1S/C10H10N2O3/c1-11-5-7(13)6-3-2-4-8-9(6)12-10(14)15-8/h2-4,11H,5H2,1H3,(H,12,14). The van der Waals surface area contributed by atoms with Gasteiger partial charge in [0.25, 0.3) is 0 Å². The molecule has 0 aliphatic heterocycles. The van der Waals surface area contributed by atoms with Crippen molar-refractivity contribution in [2.75, 3.05) is 13.6 Å². The molecule has 0 saturated heterocycles. The Morgan fingerprint density at radius 3 is 3.07 bits per heavy atom. The largest absolute Gasteiger partial charge is 0.417 e. The third-order valence-electron chi connectivity index (χ3n) is 2.09. The summed E-state index contributed by atoms with van der Waals surface area (Å²) in [5.74, 6) is -0.630. The summed E-state index contributed by atoms with van der Waals surface area (Å²) in [7, 11) is 1.69. The molecule has 2 N–H and O–H groups in total. The van der Waals surface area contributed by atoms with Crippen LogP contribution in [0.3, 0.4) is 0 Å². The molecule has 2 rings (SSSR count). The lowest BCUT2D eigenvalue weighted by Crippen LogP contribution is -2.18. The van der Waals surface area contributed by atoms with E-state index in [0.29, 0.717) is 16.7 Å². The van der Waals surface area contributed by atoms with Gasteiger partial charge in [0.2, 0.25) is 0 Å². The molecule has 1 aromatic heterocycles. The second-order valence-corrected chi connectivity index (χ2v) is 3.15. The maximum atomic E-state index is 11.6. The number of rotatable bonds is 3. The molecule has 1 aromatic carbocycles. The number of carbonyl (C=O) groups excluding carboxylic acids is 1. The minimum atomic E-state index is -0.547. The Kier molecular flexibility index (Phi) is 2.39. The number of Topliss-reactive ketones (excluding diaryl/α,β-unsaturated/α-hetero) is 1. The molecule has 0 aliphatic carbocycles. The Morgan fingerprint density at radius 2 is 2.33 bits per heavy atom. The van der Waals surface area contributed by atoms with Crippen LogP contribution in [0.1, 0.15) is 10.4 Å². The Morgan fingerprint density at radius 1 is 1.53 bits per heavy atom. The zero-order chi connectivity index (χ0) is 10.8. The average Bonchev–Trinajstić information content (AvgIpc) is 2.57. The molecule has 0 saturated carbocycles. The van der Waals surface area contributed by atoms with Gasteiger partial charge in [-0.05, 0) is 19.2 Å². The smallest absolute Gasteiger partial charge is 0.408 e. The summed E-state index contributed by atoms with van der Waals surface area (Å²) < 4.78 is 4.85. The van der Waals surface area contributed by atoms with Gasteiger partial charge >= 0.3 is 5.76 Å². The van der Waals surface area contributed by atoms with Gasteiger partial charge in [-0.2, -0.15) is 0 Å². The van der Waals surface area contributed by atoms with Gasteiger partial charge in [-0.25, -0.2) is 4.79 Å². The fourth-order valence-corrected chi connectivity index (χ4v) is 1.46. The molecule has 5 heteroatoms. The van der Waals surface area contributed by atoms with E-state index in [1.807, 2.05) is 0 Å². The van der Waals surface area contributed by atoms with E-state index < -0.39 is 5.76 Å². The zero-order valence-corrected chi connectivity index (χ0v) is 8.16. The van der Waals surface area contributed by atoms with E-state index in [9.17, 15) is 9.59 Å². The van der Waals surface area contributed by atoms with E-state index in [4.69, 9.17) is 4.42 Å². The van der Waals surface area contributed by atoms with E-state index in [1.54, 1.807) is 25.2 Å². The second-order valence-electron chi connectivity index (χ2n) is 3.15. The van der Waals surface area contributed by atoms with Crippen LogP contribution in [0.25, 0.3) is 11.1 Å². The topological polar surface area (TPSA) is 75.1 Å². The first-order valence-electron chi connectivity index (χ1n) is 4.52. The lowest BCUT2D eigenvalue weighted by Gasteiger charge is -1.99. The molecule has 0 atom stereocenters. The quantitative estimate of drug-likeness (QED) is 0.718. The number of H-pyrrole nitrogens is 1. The van der Waals surface area contributed by atoms with Crippen LogP contribution in [-0.4, -0.2) is 24.4 Å². The van der Waals surface area contributed by atoms with Gasteiger partial charge in [-0.15, -0.1) is 0 Å². The lowest BCUT2D eigenvalue weighted by molar-refractivity contribution is 0.0995. The number of carbonyl (C=O) groups is 1. The molecule has 0 aliphatic rings. The van der Waals surface area contributed by atoms with Gasteiger partial charge in [0.05, 0.1) is 12.1 Å². The summed E-state index contributed by atoms with van der Waals surface area (Å²) in [6.07, 6.45) is 0. The number of ketones is 1. The number of aromatic amines is 1. The summed E-state index contributed by atoms with van der Waals surface area (Å²) >= 11 is 0. The summed E-state index contributed by atoms with van der Waals surface area (Å²) in [5.41, 5.74) is 1.33. The third kappa shape index (κ3) is 1.69. The van der Waals surface area contributed by atoms with Crippen molar-refractivity contribution in [1.29, 1.82) is 0 Å². The molecular weight excluding hydrogens is 196 g/mol. The Balaban J connectivity index is 2.60. The van der Waals surface area contributed by atoms with E-state index in [1.165, 1.54) is 0 Å². The number of likely N-dealkylation sites (N-methyl/N-ethyl adjacent to an activating group) is 1. The SMILES string of the molecule is CNCC(=O)c1cccc2oc(=O)[nH]c12. The maximum absolute atomic E-state index is 11.6. The number of nitrogens with one attached hydrogen (secondary N) is 2. The minimum absolute atomic E-state index is 0.0832. The van der Waals surface area contributed by atoms with E-state index in [-0.39, 0.29) is 12.3 Å². The fraction of sp³-hybridized carbons (Fsp3) is 0.200. The number of oxazole rings is 1. The van der Waals surface area contributed by atoms with Crippen molar-refractivity contribution >= 4 is 16.9 Å². The molecule has 15 heavy (non-hydrogen) atoms. The van der Waals surface area contributed by atoms with Crippen molar-refractivity contribution in [1.82, 2.24) is 10.3 Å². The second kappa shape index (κ2) is 3.70. The highest BCUT2D eigenvalue weighted by molar-refractivity contribution is 6.06. The van der Waals surface area contributed by atoms with Crippen molar-refractivity contribution in [3.8, 4) is 0 Å². The number of fused-ring (bicyclic) bond motifs is 1. The van der Waals surface area contributed by atoms with Crippen LogP contribution in [0.15, 0.2) is 27.4 Å². The van der Waals surface area contributed by atoms with Crippen molar-refractivity contribution in [2.24, 2.45) is 0 Å². The Bertz CT molecular complexity index is 553. The third-order valence-corrected chi connectivity index (χ3v) is 2.09. The van der Waals surface area contributed by atoms with Crippen molar-refractivity contribution in [3.63, 3.8) is 0 Å². The van der Waals surface area contributed by atoms with Crippen molar-refractivity contribution in [3.05, 3.63) is 34.3 Å². The van der Waals surface area contributed by atoms with Crippen molar-refractivity contribution < 1.29 is 9.21 Å². The first kappa shape index (κ1) is 9.67. The summed E-state index contributed by atoms with van der Waals surface area (Å²) in [6.45, 7) is 0.228. The Labute approximate surface area is 85.1 Å². The van der Waals surface area contributed by atoms with Gasteiger partial charge in [-0.3, -0.25) is 9.78 Å². The molecule has 0 radical (unpaired) electrons. The Hall–Kier alpha value is -1.88. The molecule has 78 valence electrons. The van der Waals surface area contributed by atoms with Crippen LogP contribution in [0.5, 0.6) is 0 Å². The van der Waals surface area contributed by atoms with Crippen LogP contribution in [0, 0.1) is 0 Å². The predicted octanol–water partition coefficient (Wildman–Crippen LogP) is 0.523. The molecule has 1 heterocycles. The number of benzene rings is 1. The summed E-state index contributed by atoms with van der Waals surface area (Å²) in [4.78, 5) is 25.1. The molecule has 5 nitrogen and oxygen atoms in total. The summed E-state index contributed by atoms with van der Waals surface area (Å²) in [5, 5.41) is 2.77. The highest BCUT2D eigenvalue weighted by Gasteiger charge is 2.11. The monoisotopic (exact) mass is 206 g/mol. The molecule has 0 fully saturated rings. The van der Waals surface area contributed by atoms with Crippen LogP contribution < -0.4 is 11.1 Å². The van der Waals surface area contributed by atoms with Crippen molar-refractivity contribution in [2.45, 2.75) is 0 Å². The molecule has 0 bridgehead atoms. The number of para-hydroxylation sites is 1. The summed E-state index contributed by atoms with van der Waals surface area (Å²) in [6, 6.07) is 4.98. The molecule has 0 unspecified atom stereocenters. The first-order chi connectivity index (χ1) is 7.22. The zero-order valence-electron chi connectivity index (χ0n) is 8.16. The van der Waals surface area contributed by atoms with Gasteiger partial charge in [-0.1, -0.05) is 6.07 Å². The highest BCUT2D eigenvalue weighted by atomic mass is 16.4. The number of hydrogen-bond acceptors (Lipinski definition) is 4.